The summed E-state index contributed by atoms with van der Waals surface area (Å²) in [5, 5.41) is 11.6. The number of carbonyl (C=O) groups is 2. The second-order valence-corrected chi connectivity index (χ2v) is 5.37. The first-order valence-corrected chi connectivity index (χ1v) is 7.36. The normalized spacial score (nSPS) is 17.0. The minimum atomic E-state index is -0.971. The Morgan fingerprint density at radius 3 is 2.89 bits per heavy atom. The zero-order chi connectivity index (χ0) is 13.5. The van der Waals surface area contributed by atoms with E-state index in [4.69, 9.17) is 5.11 Å². The van der Waals surface area contributed by atoms with Crippen LogP contribution < -0.4 is 5.32 Å². The average molecular weight is 272 g/mol. The molecule has 0 saturated heterocycles. The lowest BCUT2D eigenvalue weighted by molar-refractivity contribution is -0.139. The number of carboxylic acids is 1. The maximum Gasteiger partial charge on any atom is 0.326 e. The van der Waals surface area contributed by atoms with E-state index in [9.17, 15) is 9.59 Å². The highest BCUT2D eigenvalue weighted by molar-refractivity contribution is 7.98. The van der Waals surface area contributed by atoms with Crippen LogP contribution in [-0.4, -0.2) is 53.1 Å². The molecule has 0 unspecified atom stereocenters. The van der Waals surface area contributed by atoms with Crippen LogP contribution in [0.25, 0.3) is 0 Å². The van der Waals surface area contributed by atoms with Crippen molar-refractivity contribution in [2.75, 3.05) is 25.1 Å². The van der Waals surface area contributed by atoms with Gasteiger partial charge in [0.1, 0.15) is 6.04 Å². The molecule has 0 aromatic rings. The summed E-state index contributed by atoms with van der Waals surface area (Å²) in [4.78, 5) is 24.6. The number of hydrogen-bond acceptors (Lipinski definition) is 3. The van der Waals surface area contributed by atoms with E-state index in [-0.39, 0.29) is 6.03 Å². The number of carbonyl (C=O) groups excluding carboxylic acids is 1. The largest absolute Gasteiger partial charge is 0.480 e. The molecular weight excluding hydrogens is 252 g/mol. The molecule has 2 N–H and O–H groups in total. The van der Waals surface area contributed by atoms with Gasteiger partial charge in [0.05, 0.1) is 0 Å². The Bertz CT molecular complexity index is 344. The third-order valence-electron chi connectivity index (χ3n) is 2.83. The number of amides is 2. The van der Waals surface area contributed by atoms with E-state index in [0.717, 1.165) is 17.7 Å². The summed E-state index contributed by atoms with van der Waals surface area (Å²) in [5.41, 5.74) is 1.15. The summed E-state index contributed by atoms with van der Waals surface area (Å²) in [6.07, 6.45) is 5.30. The molecule has 2 amide bonds. The molecular formula is C12H20N2O3S. The van der Waals surface area contributed by atoms with Crippen LogP contribution in [0.1, 0.15) is 19.8 Å². The number of urea groups is 1. The number of nitrogens with one attached hydrogen (secondary N) is 1. The van der Waals surface area contributed by atoms with E-state index >= 15 is 0 Å². The summed E-state index contributed by atoms with van der Waals surface area (Å²) in [6.45, 7) is 3.21. The van der Waals surface area contributed by atoms with E-state index in [1.54, 1.807) is 16.7 Å². The highest BCUT2D eigenvalue weighted by Crippen LogP contribution is 2.09. The molecule has 102 valence electrons. The van der Waals surface area contributed by atoms with Gasteiger partial charge in [0.25, 0.3) is 0 Å². The number of rotatable bonds is 5. The predicted molar refractivity (Wildman–Crippen MR) is 72.9 cm³/mol. The van der Waals surface area contributed by atoms with Crippen molar-refractivity contribution in [3.63, 3.8) is 0 Å². The van der Waals surface area contributed by atoms with Crippen LogP contribution in [0.3, 0.4) is 0 Å². The fourth-order valence-electron chi connectivity index (χ4n) is 1.82. The Balaban J connectivity index is 2.50. The van der Waals surface area contributed by atoms with E-state index in [1.165, 1.54) is 0 Å². The van der Waals surface area contributed by atoms with Gasteiger partial charge < -0.3 is 15.3 Å². The zero-order valence-electron chi connectivity index (χ0n) is 10.8. The summed E-state index contributed by atoms with van der Waals surface area (Å²) in [7, 11) is 0. The van der Waals surface area contributed by atoms with Crippen molar-refractivity contribution in [2.24, 2.45) is 0 Å². The predicted octanol–water partition coefficient (Wildman–Crippen LogP) is 1.55. The molecule has 6 heteroatoms. The molecule has 5 nitrogen and oxygen atoms in total. The number of hydrogen-bond donors (Lipinski definition) is 2. The summed E-state index contributed by atoms with van der Waals surface area (Å²) in [5.74, 6) is -0.252. The maximum atomic E-state index is 11.9. The zero-order valence-corrected chi connectivity index (χ0v) is 11.6. The molecule has 1 aliphatic rings. The van der Waals surface area contributed by atoms with Crippen molar-refractivity contribution < 1.29 is 14.7 Å². The Kier molecular flexibility index (Phi) is 6.04. The van der Waals surface area contributed by atoms with Crippen LogP contribution >= 0.6 is 11.8 Å². The molecule has 1 rings (SSSR count). The van der Waals surface area contributed by atoms with Crippen molar-refractivity contribution in [1.29, 1.82) is 0 Å². The quantitative estimate of drug-likeness (QED) is 0.745. The SMILES string of the molecule is CSCC[C@@H](NC(=O)N1CCC=C(C)C1)C(=O)O. The van der Waals surface area contributed by atoms with Crippen molar-refractivity contribution in [1.82, 2.24) is 10.2 Å². The second-order valence-electron chi connectivity index (χ2n) is 4.38. The first-order valence-electron chi connectivity index (χ1n) is 5.97. The van der Waals surface area contributed by atoms with Crippen LogP contribution in [0.4, 0.5) is 4.79 Å². The molecule has 1 heterocycles. The Hall–Kier alpha value is -1.17. The van der Waals surface area contributed by atoms with Gasteiger partial charge in [-0.05, 0) is 31.8 Å². The van der Waals surface area contributed by atoms with Crippen molar-refractivity contribution in [3.05, 3.63) is 11.6 Å². The van der Waals surface area contributed by atoms with Crippen molar-refractivity contribution in [3.8, 4) is 0 Å². The van der Waals surface area contributed by atoms with Gasteiger partial charge in [-0.1, -0.05) is 11.6 Å². The molecule has 0 aliphatic carbocycles. The highest BCUT2D eigenvalue weighted by atomic mass is 32.2. The third kappa shape index (κ3) is 4.60. The topological polar surface area (TPSA) is 69.6 Å². The average Bonchev–Trinajstić information content (AvgIpc) is 2.33. The first kappa shape index (κ1) is 14.9. The monoisotopic (exact) mass is 272 g/mol. The molecule has 0 radical (unpaired) electrons. The van der Waals surface area contributed by atoms with E-state index in [2.05, 4.69) is 11.4 Å². The van der Waals surface area contributed by atoms with Gasteiger partial charge in [0.2, 0.25) is 0 Å². The lowest BCUT2D eigenvalue weighted by Crippen LogP contribution is -2.49. The Morgan fingerprint density at radius 2 is 2.33 bits per heavy atom. The molecule has 0 bridgehead atoms. The molecule has 18 heavy (non-hydrogen) atoms. The van der Waals surface area contributed by atoms with Crippen LogP contribution in [0.5, 0.6) is 0 Å². The molecule has 0 aromatic heterocycles. The molecule has 1 atom stereocenters. The summed E-state index contributed by atoms with van der Waals surface area (Å²) < 4.78 is 0. The highest BCUT2D eigenvalue weighted by Gasteiger charge is 2.23. The summed E-state index contributed by atoms with van der Waals surface area (Å²) in [6, 6.07) is -1.08. The Morgan fingerprint density at radius 1 is 1.61 bits per heavy atom. The van der Waals surface area contributed by atoms with Gasteiger partial charge >= 0.3 is 12.0 Å². The smallest absolute Gasteiger partial charge is 0.326 e. The van der Waals surface area contributed by atoms with Crippen molar-refractivity contribution >= 4 is 23.8 Å². The van der Waals surface area contributed by atoms with Gasteiger partial charge in [-0.3, -0.25) is 0 Å². The summed E-state index contributed by atoms with van der Waals surface area (Å²) >= 11 is 1.57. The van der Waals surface area contributed by atoms with E-state index in [0.29, 0.717) is 19.5 Å². The standard InChI is InChI=1S/C12H20N2O3S/c1-9-4-3-6-14(8-9)12(17)13-10(11(15)16)5-7-18-2/h4,10H,3,5-8H2,1-2H3,(H,13,17)(H,15,16)/t10-/m1/s1. The number of carboxylic acid groups (broad SMARTS) is 1. The van der Waals surface area contributed by atoms with Gasteiger partial charge in [0, 0.05) is 13.1 Å². The van der Waals surface area contributed by atoms with Gasteiger partial charge in [-0.2, -0.15) is 11.8 Å². The van der Waals surface area contributed by atoms with Crippen LogP contribution in [0.2, 0.25) is 0 Å². The fraction of sp³-hybridized carbons (Fsp3) is 0.667. The van der Waals surface area contributed by atoms with Crippen LogP contribution in [-0.2, 0) is 4.79 Å². The second kappa shape index (κ2) is 7.31. The molecule has 0 spiro atoms. The number of nitrogens with zero attached hydrogens (tertiary/aromatic N) is 1. The van der Waals surface area contributed by atoms with Crippen LogP contribution in [0.15, 0.2) is 11.6 Å². The third-order valence-corrected chi connectivity index (χ3v) is 3.47. The Labute approximate surface area is 112 Å². The van der Waals surface area contributed by atoms with Gasteiger partial charge in [-0.15, -0.1) is 0 Å². The van der Waals surface area contributed by atoms with E-state index < -0.39 is 12.0 Å². The lowest BCUT2D eigenvalue weighted by atomic mass is 10.1. The lowest BCUT2D eigenvalue weighted by Gasteiger charge is -2.27. The minimum Gasteiger partial charge on any atom is -0.480 e. The molecule has 0 saturated carbocycles. The van der Waals surface area contributed by atoms with E-state index in [1.807, 2.05) is 13.2 Å². The van der Waals surface area contributed by atoms with Gasteiger partial charge in [-0.25, -0.2) is 9.59 Å². The molecule has 1 aliphatic heterocycles. The first-order chi connectivity index (χ1) is 8.54. The fourth-order valence-corrected chi connectivity index (χ4v) is 2.29. The number of aliphatic carboxylic acids is 1. The van der Waals surface area contributed by atoms with Crippen LogP contribution in [0, 0.1) is 0 Å². The minimum absolute atomic E-state index is 0.282. The molecule has 0 aromatic carbocycles. The van der Waals surface area contributed by atoms with Gasteiger partial charge in [0.15, 0.2) is 0 Å². The maximum absolute atomic E-state index is 11.9. The molecule has 0 fully saturated rings. The number of thioether (sulfide) groups is 1. The van der Waals surface area contributed by atoms with Crippen molar-refractivity contribution in [2.45, 2.75) is 25.8 Å².